The average Bonchev–Trinajstić information content (AvgIpc) is 2.47. The van der Waals surface area contributed by atoms with E-state index >= 15 is 0 Å². The van der Waals surface area contributed by atoms with Crippen LogP contribution in [-0.2, 0) is 12.6 Å². The largest absolute Gasteiger partial charge is 0.495 e. The second-order valence-electron chi connectivity index (χ2n) is 4.66. The predicted molar refractivity (Wildman–Crippen MR) is 72.9 cm³/mol. The van der Waals surface area contributed by atoms with Crippen molar-refractivity contribution in [2.24, 2.45) is 5.73 Å². The quantitative estimate of drug-likeness (QED) is 0.941. The first-order chi connectivity index (χ1) is 9.90. The van der Waals surface area contributed by atoms with Crippen LogP contribution in [-0.4, -0.2) is 12.1 Å². The molecule has 1 aromatic carbocycles. The first-order valence-corrected chi connectivity index (χ1v) is 6.31. The lowest BCUT2D eigenvalue weighted by molar-refractivity contribution is -0.137. The Morgan fingerprint density at radius 3 is 2.43 bits per heavy atom. The number of hydrogen-bond donors (Lipinski definition) is 1. The van der Waals surface area contributed by atoms with E-state index in [1.54, 1.807) is 18.5 Å². The van der Waals surface area contributed by atoms with Crippen molar-refractivity contribution < 1.29 is 17.9 Å². The van der Waals surface area contributed by atoms with Gasteiger partial charge in [-0.25, -0.2) is 0 Å². The first-order valence-electron chi connectivity index (χ1n) is 6.31. The Bertz CT molecular complexity index is 597. The van der Waals surface area contributed by atoms with Gasteiger partial charge in [0.05, 0.1) is 18.9 Å². The molecule has 0 bridgehead atoms. The molecule has 0 aliphatic carbocycles. The highest BCUT2D eigenvalue weighted by molar-refractivity contribution is 5.29. The zero-order valence-corrected chi connectivity index (χ0v) is 11.4. The molecule has 112 valence electrons. The molecule has 0 amide bonds. The summed E-state index contributed by atoms with van der Waals surface area (Å²) in [7, 11) is 1.53. The van der Waals surface area contributed by atoms with Crippen molar-refractivity contribution in [2.45, 2.75) is 18.6 Å². The Morgan fingerprint density at radius 2 is 1.86 bits per heavy atom. The normalized spacial score (nSPS) is 13.0. The maximum atomic E-state index is 12.5. The van der Waals surface area contributed by atoms with Crippen LogP contribution in [0.3, 0.4) is 0 Å². The number of pyridine rings is 1. The van der Waals surface area contributed by atoms with Gasteiger partial charge in [0.15, 0.2) is 0 Å². The van der Waals surface area contributed by atoms with Crippen LogP contribution in [0.2, 0.25) is 0 Å². The number of benzene rings is 1. The standard InChI is InChI=1S/C15H15F3N2O/c1-21-13-7-11(8-20-9-13)14(19)6-10-2-4-12(5-3-10)15(16,17)18/h2-5,7-9,14H,6,19H2,1H3. The van der Waals surface area contributed by atoms with Gasteiger partial charge in [0, 0.05) is 12.2 Å². The number of hydrogen-bond acceptors (Lipinski definition) is 3. The molecule has 2 aromatic rings. The molecule has 0 saturated heterocycles. The van der Waals surface area contributed by atoms with Crippen molar-refractivity contribution in [3.8, 4) is 5.75 Å². The SMILES string of the molecule is COc1cncc(C(N)Cc2ccc(C(F)(F)F)cc2)c1. The van der Waals surface area contributed by atoms with Crippen LogP contribution in [0.5, 0.6) is 5.75 Å². The van der Waals surface area contributed by atoms with Crippen molar-refractivity contribution in [2.75, 3.05) is 7.11 Å². The van der Waals surface area contributed by atoms with Crippen LogP contribution in [0.15, 0.2) is 42.7 Å². The molecule has 0 spiro atoms. The third kappa shape index (κ3) is 3.95. The molecule has 2 N–H and O–H groups in total. The predicted octanol–water partition coefficient (Wildman–Crippen LogP) is 3.35. The highest BCUT2D eigenvalue weighted by Crippen LogP contribution is 2.29. The van der Waals surface area contributed by atoms with Crippen LogP contribution in [0.1, 0.15) is 22.7 Å². The fourth-order valence-corrected chi connectivity index (χ4v) is 1.95. The van der Waals surface area contributed by atoms with Crippen molar-refractivity contribution in [3.63, 3.8) is 0 Å². The van der Waals surface area contributed by atoms with E-state index < -0.39 is 11.7 Å². The van der Waals surface area contributed by atoms with Gasteiger partial charge in [-0.1, -0.05) is 12.1 Å². The van der Waals surface area contributed by atoms with Crippen molar-refractivity contribution in [1.82, 2.24) is 4.98 Å². The zero-order valence-electron chi connectivity index (χ0n) is 11.4. The van der Waals surface area contributed by atoms with Crippen LogP contribution < -0.4 is 10.5 Å². The van der Waals surface area contributed by atoms with E-state index in [2.05, 4.69) is 4.98 Å². The smallest absolute Gasteiger partial charge is 0.416 e. The number of nitrogens with zero attached hydrogens (tertiary/aromatic N) is 1. The van der Waals surface area contributed by atoms with E-state index in [9.17, 15) is 13.2 Å². The molecular formula is C15H15F3N2O. The minimum Gasteiger partial charge on any atom is -0.495 e. The molecule has 6 heteroatoms. The first kappa shape index (κ1) is 15.3. The number of alkyl halides is 3. The number of rotatable bonds is 4. The summed E-state index contributed by atoms with van der Waals surface area (Å²) in [6.45, 7) is 0. The Balaban J connectivity index is 2.10. The monoisotopic (exact) mass is 296 g/mol. The second kappa shape index (κ2) is 6.13. The van der Waals surface area contributed by atoms with E-state index in [-0.39, 0.29) is 6.04 Å². The summed E-state index contributed by atoms with van der Waals surface area (Å²) < 4.78 is 42.5. The molecule has 2 rings (SSSR count). The van der Waals surface area contributed by atoms with E-state index in [1.807, 2.05) is 0 Å². The summed E-state index contributed by atoms with van der Waals surface area (Å²) in [5.41, 5.74) is 6.90. The van der Waals surface area contributed by atoms with Crippen LogP contribution in [0.25, 0.3) is 0 Å². The highest BCUT2D eigenvalue weighted by Gasteiger charge is 2.29. The molecule has 1 heterocycles. The molecule has 0 aliphatic heterocycles. The van der Waals surface area contributed by atoms with Gasteiger partial charge in [0.2, 0.25) is 0 Å². The number of halogens is 3. The molecule has 1 atom stereocenters. The molecule has 3 nitrogen and oxygen atoms in total. The molecule has 21 heavy (non-hydrogen) atoms. The van der Waals surface area contributed by atoms with E-state index in [0.29, 0.717) is 12.2 Å². The van der Waals surface area contributed by atoms with Crippen LogP contribution in [0, 0.1) is 0 Å². The molecule has 0 aliphatic rings. The van der Waals surface area contributed by atoms with Gasteiger partial charge in [-0.3, -0.25) is 4.98 Å². The topological polar surface area (TPSA) is 48.1 Å². The molecule has 0 radical (unpaired) electrons. The Kier molecular flexibility index (Phi) is 4.47. The minimum atomic E-state index is -4.32. The third-order valence-corrected chi connectivity index (χ3v) is 3.14. The highest BCUT2D eigenvalue weighted by atomic mass is 19.4. The van der Waals surface area contributed by atoms with Crippen molar-refractivity contribution in [3.05, 3.63) is 59.4 Å². The maximum absolute atomic E-state index is 12.5. The molecular weight excluding hydrogens is 281 g/mol. The fraction of sp³-hybridized carbons (Fsp3) is 0.267. The van der Waals surface area contributed by atoms with E-state index in [0.717, 1.165) is 23.3 Å². The van der Waals surface area contributed by atoms with Gasteiger partial charge < -0.3 is 10.5 Å². The lowest BCUT2D eigenvalue weighted by Crippen LogP contribution is -2.14. The third-order valence-electron chi connectivity index (χ3n) is 3.14. The van der Waals surface area contributed by atoms with Gasteiger partial charge in [0.25, 0.3) is 0 Å². The zero-order chi connectivity index (χ0) is 15.5. The molecule has 0 fully saturated rings. The van der Waals surface area contributed by atoms with Crippen LogP contribution in [0.4, 0.5) is 13.2 Å². The summed E-state index contributed by atoms with van der Waals surface area (Å²) >= 11 is 0. The lowest BCUT2D eigenvalue weighted by Gasteiger charge is -2.13. The van der Waals surface area contributed by atoms with Crippen LogP contribution >= 0.6 is 0 Å². The number of methoxy groups -OCH3 is 1. The Labute approximate surface area is 120 Å². The Morgan fingerprint density at radius 1 is 1.19 bits per heavy atom. The van der Waals surface area contributed by atoms with Gasteiger partial charge in [-0.05, 0) is 35.7 Å². The summed E-state index contributed by atoms with van der Waals surface area (Å²) in [5, 5.41) is 0. The Hall–Kier alpha value is -2.08. The average molecular weight is 296 g/mol. The summed E-state index contributed by atoms with van der Waals surface area (Å²) in [5.74, 6) is 0.593. The van der Waals surface area contributed by atoms with Crippen molar-refractivity contribution in [1.29, 1.82) is 0 Å². The number of nitrogens with two attached hydrogens (primary N) is 1. The van der Waals surface area contributed by atoms with E-state index in [4.69, 9.17) is 10.5 Å². The molecule has 0 saturated carbocycles. The minimum absolute atomic E-state index is 0.357. The van der Waals surface area contributed by atoms with Crippen molar-refractivity contribution >= 4 is 0 Å². The number of ether oxygens (including phenoxy) is 1. The summed E-state index contributed by atoms with van der Waals surface area (Å²) in [6, 6.07) is 6.41. The van der Waals surface area contributed by atoms with Gasteiger partial charge in [-0.2, -0.15) is 13.2 Å². The van der Waals surface area contributed by atoms with Gasteiger partial charge in [0.1, 0.15) is 5.75 Å². The molecule has 1 unspecified atom stereocenters. The molecule has 1 aromatic heterocycles. The summed E-state index contributed by atoms with van der Waals surface area (Å²) in [6.07, 6.45) is -0.712. The maximum Gasteiger partial charge on any atom is 0.416 e. The second-order valence-corrected chi connectivity index (χ2v) is 4.66. The fourth-order valence-electron chi connectivity index (χ4n) is 1.95. The van der Waals surface area contributed by atoms with Gasteiger partial charge >= 0.3 is 6.18 Å². The summed E-state index contributed by atoms with van der Waals surface area (Å²) in [4.78, 5) is 4.01. The number of aromatic nitrogens is 1. The van der Waals surface area contributed by atoms with Gasteiger partial charge in [-0.15, -0.1) is 0 Å². The van der Waals surface area contributed by atoms with E-state index in [1.165, 1.54) is 19.2 Å². The lowest BCUT2D eigenvalue weighted by atomic mass is 10.00.